The maximum absolute atomic E-state index is 9.11. The molecule has 0 bridgehead atoms. The zero-order valence-electron chi connectivity index (χ0n) is 11.2. The molecule has 2 rings (SSSR count). The summed E-state index contributed by atoms with van der Waals surface area (Å²) in [6, 6.07) is 8.60. The molecular formula is C14H22N2O2. The molecule has 18 heavy (non-hydrogen) atoms. The normalized spacial score (nSPS) is 21.1. The minimum absolute atomic E-state index is 0.251. The Kier molecular flexibility index (Phi) is 4.44. The molecule has 1 fully saturated rings. The fourth-order valence-electron chi connectivity index (χ4n) is 2.45. The summed E-state index contributed by atoms with van der Waals surface area (Å²) in [5.74, 6) is 0.894. The summed E-state index contributed by atoms with van der Waals surface area (Å²) in [4.78, 5) is 4.69. The lowest BCUT2D eigenvalue weighted by Gasteiger charge is -2.40. The van der Waals surface area contributed by atoms with Gasteiger partial charge >= 0.3 is 0 Å². The van der Waals surface area contributed by atoms with Crippen LogP contribution < -0.4 is 9.64 Å². The quantitative estimate of drug-likeness (QED) is 0.871. The van der Waals surface area contributed by atoms with Crippen molar-refractivity contribution in [3.8, 4) is 5.75 Å². The van der Waals surface area contributed by atoms with E-state index in [1.807, 2.05) is 12.1 Å². The van der Waals surface area contributed by atoms with E-state index >= 15 is 0 Å². The molecule has 0 aliphatic carbocycles. The predicted octanol–water partition coefficient (Wildman–Crippen LogP) is 1.20. The first kappa shape index (κ1) is 13.2. The van der Waals surface area contributed by atoms with E-state index < -0.39 is 0 Å². The van der Waals surface area contributed by atoms with E-state index in [1.165, 1.54) is 5.69 Å². The van der Waals surface area contributed by atoms with Crippen LogP contribution in [0, 0.1) is 0 Å². The third kappa shape index (κ3) is 2.94. The van der Waals surface area contributed by atoms with Gasteiger partial charge in [-0.2, -0.15) is 0 Å². The third-order valence-corrected chi connectivity index (χ3v) is 3.66. The van der Waals surface area contributed by atoms with Crippen LogP contribution in [0.25, 0.3) is 0 Å². The van der Waals surface area contributed by atoms with Gasteiger partial charge in [-0.25, -0.2) is 0 Å². The second kappa shape index (κ2) is 6.07. The van der Waals surface area contributed by atoms with E-state index in [4.69, 9.17) is 9.84 Å². The summed E-state index contributed by atoms with van der Waals surface area (Å²) in [6.07, 6.45) is 0.830. The molecule has 1 aliphatic rings. The molecule has 1 heterocycles. The predicted molar refractivity (Wildman–Crippen MR) is 73.3 cm³/mol. The van der Waals surface area contributed by atoms with E-state index in [9.17, 15) is 0 Å². The Labute approximate surface area is 109 Å². The first-order valence-corrected chi connectivity index (χ1v) is 6.44. The first-order valence-electron chi connectivity index (χ1n) is 6.44. The Morgan fingerprint density at radius 3 is 2.94 bits per heavy atom. The molecule has 4 nitrogen and oxygen atoms in total. The molecule has 0 saturated carbocycles. The Morgan fingerprint density at radius 2 is 2.22 bits per heavy atom. The number of nitrogens with zero attached hydrogens (tertiary/aromatic N) is 2. The highest BCUT2D eigenvalue weighted by atomic mass is 16.5. The topological polar surface area (TPSA) is 35.9 Å². The van der Waals surface area contributed by atoms with Crippen molar-refractivity contribution in [3.63, 3.8) is 0 Å². The van der Waals surface area contributed by atoms with Crippen LogP contribution in [0.2, 0.25) is 0 Å². The van der Waals surface area contributed by atoms with E-state index in [0.717, 1.165) is 31.8 Å². The number of anilines is 1. The fourth-order valence-corrected chi connectivity index (χ4v) is 2.45. The zero-order chi connectivity index (χ0) is 13.0. The van der Waals surface area contributed by atoms with E-state index in [1.54, 1.807) is 7.11 Å². The van der Waals surface area contributed by atoms with Crippen LogP contribution >= 0.6 is 0 Å². The van der Waals surface area contributed by atoms with Crippen LogP contribution in [0.4, 0.5) is 5.69 Å². The average molecular weight is 250 g/mol. The molecule has 0 spiro atoms. The summed E-state index contributed by atoms with van der Waals surface area (Å²) in [7, 11) is 3.82. The molecule has 1 atom stereocenters. The number of aliphatic hydroxyl groups excluding tert-OH is 1. The molecule has 0 amide bonds. The molecule has 1 aromatic rings. The number of piperazine rings is 1. The van der Waals surface area contributed by atoms with Gasteiger partial charge in [0.05, 0.1) is 7.11 Å². The van der Waals surface area contributed by atoms with Gasteiger partial charge in [-0.15, -0.1) is 0 Å². The summed E-state index contributed by atoms with van der Waals surface area (Å²) in [5.41, 5.74) is 1.20. The molecule has 1 N–H and O–H groups in total. The van der Waals surface area contributed by atoms with E-state index in [-0.39, 0.29) is 6.61 Å². The van der Waals surface area contributed by atoms with Crippen LogP contribution in [0.1, 0.15) is 6.42 Å². The van der Waals surface area contributed by atoms with Gasteiger partial charge in [0.15, 0.2) is 0 Å². The third-order valence-electron chi connectivity index (χ3n) is 3.66. The van der Waals surface area contributed by atoms with Gasteiger partial charge < -0.3 is 14.7 Å². The lowest BCUT2D eigenvalue weighted by atomic mass is 10.1. The van der Waals surface area contributed by atoms with Gasteiger partial charge in [-0.05, 0) is 25.6 Å². The highest BCUT2D eigenvalue weighted by Gasteiger charge is 2.24. The lowest BCUT2D eigenvalue weighted by Crippen LogP contribution is -2.51. The molecular weight excluding hydrogens is 228 g/mol. The number of hydrogen-bond donors (Lipinski definition) is 1. The number of aliphatic hydroxyl groups is 1. The molecule has 4 heteroatoms. The minimum atomic E-state index is 0.251. The second-order valence-corrected chi connectivity index (χ2v) is 4.79. The van der Waals surface area contributed by atoms with Gasteiger partial charge in [0.2, 0.25) is 0 Å². The summed E-state index contributed by atoms with van der Waals surface area (Å²) in [5, 5.41) is 9.11. The average Bonchev–Trinajstić information content (AvgIpc) is 2.41. The lowest BCUT2D eigenvalue weighted by molar-refractivity contribution is 0.171. The highest BCUT2D eigenvalue weighted by molar-refractivity contribution is 5.51. The second-order valence-electron chi connectivity index (χ2n) is 4.79. The van der Waals surface area contributed by atoms with Crippen LogP contribution in [0.5, 0.6) is 5.75 Å². The Morgan fingerprint density at radius 1 is 1.39 bits per heavy atom. The molecule has 1 unspecified atom stereocenters. The van der Waals surface area contributed by atoms with Crippen molar-refractivity contribution >= 4 is 5.69 Å². The molecule has 100 valence electrons. The van der Waals surface area contributed by atoms with Gasteiger partial charge in [-0.1, -0.05) is 6.07 Å². The van der Waals surface area contributed by atoms with E-state index in [2.05, 4.69) is 29.0 Å². The van der Waals surface area contributed by atoms with Crippen molar-refractivity contribution < 1.29 is 9.84 Å². The Bertz CT molecular complexity index is 384. The highest BCUT2D eigenvalue weighted by Crippen LogP contribution is 2.23. The summed E-state index contributed by atoms with van der Waals surface area (Å²) in [6.45, 7) is 3.26. The molecule has 1 saturated heterocycles. The van der Waals surface area contributed by atoms with Crippen LogP contribution in [0.3, 0.4) is 0 Å². The smallest absolute Gasteiger partial charge is 0.120 e. The molecule has 0 aromatic heterocycles. The molecule has 0 radical (unpaired) electrons. The Balaban J connectivity index is 2.08. The van der Waals surface area contributed by atoms with Crippen molar-refractivity contribution in [1.82, 2.24) is 4.90 Å². The van der Waals surface area contributed by atoms with Crippen LogP contribution in [-0.4, -0.2) is 56.4 Å². The van der Waals surface area contributed by atoms with E-state index in [0.29, 0.717) is 6.04 Å². The monoisotopic (exact) mass is 250 g/mol. The number of ether oxygens (including phenoxy) is 1. The van der Waals surface area contributed by atoms with Crippen molar-refractivity contribution in [2.45, 2.75) is 12.5 Å². The number of rotatable bonds is 4. The van der Waals surface area contributed by atoms with Gasteiger partial charge in [-0.3, -0.25) is 4.90 Å². The van der Waals surface area contributed by atoms with Gasteiger partial charge in [0.25, 0.3) is 0 Å². The Hall–Kier alpha value is -1.26. The number of hydrogen-bond acceptors (Lipinski definition) is 4. The molecule has 1 aliphatic heterocycles. The fraction of sp³-hybridized carbons (Fsp3) is 0.571. The minimum Gasteiger partial charge on any atom is -0.497 e. The van der Waals surface area contributed by atoms with Crippen molar-refractivity contribution in [1.29, 1.82) is 0 Å². The molecule has 1 aromatic carbocycles. The van der Waals surface area contributed by atoms with Crippen molar-refractivity contribution in [3.05, 3.63) is 24.3 Å². The standard InChI is InChI=1S/C14H22N2O2/c1-15-7-8-16(11-13(15)6-9-17)12-4-3-5-14(10-12)18-2/h3-5,10,13,17H,6-9,11H2,1-2H3. The SMILES string of the molecule is COc1cccc(N2CCN(C)C(CCO)C2)c1. The maximum atomic E-state index is 9.11. The summed E-state index contributed by atoms with van der Waals surface area (Å²) < 4.78 is 5.26. The van der Waals surface area contributed by atoms with Crippen molar-refractivity contribution in [2.75, 3.05) is 45.3 Å². The van der Waals surface area contributed by atoms with Gasteiger partial charge in [0.1, 0.15) is 5.75 Å². The number of methoxy groups -OCH3 is 1. The van der Waals surface area contributed by atoms with Gasteiger partial charge in [0, 0.05) is 44.0 Å². The van der Waals surface area contributed by atoms with Crippen LogP contribution in [0.15, 0.2) is 24.3 Å². The summed E-state index contributed by atoms with van der Waals surface area (Å²) >= 11 is 0. The maximum Gasteiger partial charge on any atom is 0.120 e. The number of likely N-dealkylation sites (N-methyl/N-ethyl adjacent to an activating group) is 1. The zero-order valence-corrected chi connectivity index (χ0v) is 11.2. The van der Waals surface area contributed by atoms with Crippen molar-refractivity contribution in [2.24, 2.45) is 0 Å². The first-order chi connectivity index (χ1) is 8.74. The number of benzene rings is 1. The largest absolute Gasteiger partial charge is 0.497 e. The van der Waals surface area contributed by atoms with Crippen LogP contribution in [-0.2, 0) is 0 Å².